The molecule has 2 amide bonds. The lowest BCUT2D eigenvalue weighted by molar-refractivity contribution is -0.132. The number of carbonyl (C=O) groups is 2. The Kier molecular flexibility index (Phi) is 5.00. The van der Waals surface area contributed by atoms with Gasteiger partial charge in [-0.15, -0.1) is 0 Å². The highest BCUT2D eigenvalue weighted by Crippen LogP contribution is 2.67. The van der Waals surface area contributed by atoms with Crippen LogP contribution in [0.4, 0.5) is 0 Å². The summed E-state index contributed by atoms with van der Waals surface area (Å²) in [7, 11) is 3.98. The number of piperazine rings is 1. The van der Waals surface area contributed by atoms with E-state index in [1.807, 2.05) is 16.7 Å². The Balaban J connectivity index is 1.28. The number of H-pyrrole nitrogens is 1. The molecule has 2 aromatic rings. The summed E-state index contributed by atoms with van der Waals surface area (Å²) in [5, 5.41) is 0. The second-order valence-electron chi connectivity index (χ2n) is 11.5. The molecule has 4 heterocycles. The molecule has 2 fully saturated rings. The number of aromatic nitrogens is 1. The second-order valence-corrected chi connectivity index (χ2v) is 11.5. The van der Waals surface area contributed by atoms with Crippen molar-refractivity contribution in [2.75, 3.05) is 46.9 Å². The first-order chi connectivity index (χ1) is 17.9. The van der Waals surface area contributed by atoms with Gasteiger partial charge < -0.3 is 29.2 Å². The van der Waals surface area contributed by atoms with Crippen molar-refractivity contribution in [3.05, 3.63) is 45.8 Å². The normalized spacial score (nSPS) is 29.5. The van der Waals surface area contributed by atoms with Crippen molar-refractivity contribution in [1.29, 1.82) is 0 Å². The quantitative estimate of drug-likeness (QED) is 0.696. The van der Waals surface area contributed by atoms with E-state index >= 15 is 0 Å². The number of rotatable bonds is 3. The summed E-state index contributed by atoms with van der Waals surface area (Å²) < 4.78 is 12.6. The summed E-state index contributed by atoms with van der Waals surface area (Å²) in [4.78, 5) is 35.8. The maximum atomic E-state index is 13.8. The van der Waals surface area contributed by atoms with Crippen LogP contribution in [0.1, 0.15) is 64.3 Å². The summed E-state index contributed by atoms with van der Waals surface area (Å²) >= 11 is 0. The number of carbonyl (C=O) groups excluding carboxylic acids is 2. The molecule has 2 bridgehead atoms. The number of amides is 2. The molecule has 1 spiro atoms. The number of hydrogen-bond acceptors (Lipinski definition) is 5. The van der Waals surface area contributed by atoms with Crippen molar-refractivity contribution in [2.24, 2.45) is 5.92 Å². The zero-order chi connectivity index (χ0) is 25.6. The van der Waals surface area contributed by atoms with Crippen molar-refractivity contribution >= 4 is 11.8 Å². The standard InChI is InChI=1S/C29H36N4O4/c1-5-22(34)32-10-12-33(13-11-32)28(35)24-16(2)18-15-19-20-14-17-6-7-21(36-4)26-23(17)29(19,8-9-31(20)3)27(37-26)25(18)30-24/h6-7,19-20,27,30H,5,8-15H2,1-4H3/t19?,20-,27-,29-/m0/s1. The summed E-state index contributed by atoms with van der Waals surface area (Å²) in [6.07, 6.45) is 3.38. The smallest absolute Gasteiger partial charge is 0.270 e. The fourth-order valence-electron chi connectivity index (χ4n) is 8.19. The van der Waals surface area contributed by atoms with Gasteiger partial charge in [-0.3, -0.25) is 9.59 Å². The second kappa shape index (κ2) is 8.00. The molecular weight excluding hydrogens is 468 g/mol. The molecule has 8 heteroatoms. The first kappa shape index (κ1) is 23.1. The summed E-state index contributed by atoms with van der Waals surface area (Å²) in [5.74, 6) is 2.33. The number of likely N-dealkylation sites (tertiary alicyclic amines) is 1. The van der Waals surface area contributed by atoms with Gasteiger partial charge in [-0.25, -0.2) is 0 Å². The van der Waals surface area contributed by atoms with Crippen molar-refractivity contribution in [3.63, 3.8) is 0 Å². The van der Waals surface area contributed by atoms with E-state index in [0.717, 1.165) is 48.6 Å². The van der Waals surface area contributed by atoms with E-state index in [0.29, 0.717) is 50.3 Å². The van der Waals surface area contributed by atoms with Gasteiger partial charge in [0.15, 0.2) is 11.5 Å². The van der Waals surface area contributed by atoms with Crippen LogP contribution in [0.5, 0.6) is 11.5 Å². The molecule has 2 aliphatic carbocycles. The lowest BCUT2D eigenvalue weighted by Crippen LogP contribution is -2.62. The lowest BCUT2D eigenvalue weighted by atomic mass is 9.51. The van der Waals surface area contributed by atoms with Crippen LogP contribution in [-0.2, 0) is 23.1 Å². The molecule has 7 rings (SSSR count). The first-order valence-corrected chi connectivity index (χ1v) is 13.7. The third-order valence-corrected chi connectivity index (χ3v) is 10.1. The zero-order valence-electron chi connectivity index (χ0n) is 22.2. The highest BCUT2D eigenvalue weighted by atomic mass is 16.5. The molecule has 0 radical (unpaired) electrons. The minimum Gasteiger partial charge on any atom is -0.493 e. The number of piperidine rings is 1. The molecule has 1 N–H and O–H groups in total. The van der Waals surface area contributed by atoms with Crippen LogP contribution in [0, 0.1) is 12.8 Å². The number of hydrogen-bond donors (Lipinski definition) is 1. The highest BCUT2D eigenvalue weighted by molar-refractivity contribution is 5.95. The molecule has 1 aromatic heterocycles. The van der Waals surface area contributed by atoms with Gasteiger partial charge in [0.05, 0.1) is 12.8 Å². The van der Waals surface area contributed by atoms with Crippen LogP contribution in [-0.4, -0.2) is 84.4 Å². The van der Waals surface area contributed by atoms with Gasteiger partial charge in [0.2, 0.25) is 5.91 Å². The van der Waals surface area contributed by atoms with Crippen molar-refractivity contribution < 1.29 is 19.1 Å². The number of benzene rings is 1. The molecule has 1 aromatic carbocycles. The van der Waals surface area contributed by atoms with Crippen LogP contribution < -0.4 is 9.47 Å². The SMILES string of the molecule is CCC(=O)N1CCN(C(=O)c2[nH]c3c(c2C)CC2[C@@H]4Cc5ccc(OC)c6c5[C@@]2(CCN4C)[C@H]3O6)CC1. The zero-order valence-corrected chi connectivity index (χ0v) is 22.2. The van der Waals surface area contributed by atoms with Gasteiger partial charge in [-0.2, -0.15) is 0 Å². The maximum absolute atomic E-state index is 13.8. The summed E-state index contributed by atoms with van der Waals surface area (Å²) in [5.41, 5.74) is 6.72. The number of likely N-dealkylation sites (N-methyl/N-ethyl adjacent to an activating group) is 1. The van der Waals surface area contributed by atoms with Gasteiger partial charge in [0, 0.05) is 49.6 Å². The Hall–Kier alpha value is -3.00. The first-order valence-electron chi connectivity index (χ1n) is 13.7. The van der Waals surface area contributed by atoms with E-state index < -0.39 is 0 Å². The van der Waals surface area contributed by atoms with Gasteiger partial charge in [0.25, 0.3) is 5.91 Å². The van der Waals surface area contributed by atoms with Gasteiger partial charge >= 0.3 is 0 Å². The Bertz CT molecular complexity index is 1310. The predicted octanol–water partition coefficient (Wildman–Crippen LogP) is 2.83. The van der Waals surface area contributed by atoms with E-state index in [2.05, 4.69) is 36.0 Å². The Morgan fingerprint density at radius 3 is 2.62 bits per heavy atom. The highest BCUT2D eigenvalue weighted by Gasteiger charge is 2.65. The van der Waals surface area contributed by atoms with Crippen LogP contribution in [0.3, 0.4) is 0 Å². The van der Waals surface area contributed by atoms with Crippen LogP contribution in [0.15, 0.2) is 12.1 Å². The van der Waals surface area contributed by atoms with Crippen molar-refractivity contribution in [2.45, 2.75) is 57.1 Å². The summed E-state index contributed by atoms with van der Waals surface area (Å²) in [6.45, 7) is 7.35. The Morgan fingerprint density at radius 2 is 1.89 bits per heavy atom. The molecule has 4 atom stereocenters. The number of fused-ring (bicyclic) bond motifs is 2. The number of nitrogens with zero attached hydrogens (tertiary/aromatic N) is 3. The molecule has 8 nitrogen and oxygen atoms in total. The van der Waals surface area contributed by atoms with Gasteiger partial charge in [-0.05, 0) is 68.5 Å². The number of nitrogens with one attached hydrogen (secondary N) is 1. The average Bonchev–Trinajstić information content (AvgIpc) is 3.44. The molecule has 5 aliphatic rings. The third-order valence-electron chi connectivity index (χ3n) is 10.1. The molecule has 1 unspecified atom stereocenters. The van der Waals surface area contributed by atoms with E-state index in [4.69, 9.17) is 9.47 Å². The Labute approximate surface area is 217 Å². The van der Waals surface area contributed by atoms with Crippen molar-refractivity contribution in [1.82, 2.24) is 19.7 Å². The fraction of sp³-hybridized carbons (Fsp3) is 0.586. The minimum absolute atomic E-state index is 0.0323. The predicted molar refractivity (Wildman–Crippen MR) is 138 cm³/mol. The lowest BCUT2D eigenvalue weighted by Gasteiger charge is -2.57. The molecule has 37 heavy (non-hydrogen) atoms. The maximum Gasteiger partial charge on any atom is 0.270 e. The Morgan fingerprint density at radius 1 is 1.14 bits per heavy atom. The largest absolute Gasteiger partial charge is 0.493 e. The average molecular weight is 505 g/mol. The van der Waals surface area contributed by atoms with Gasteiger partial charge in [-0.1, -0.05) is 13.0 Å². The van der Waals surface area contributed by atoms with E-state index in [1.54, 1.807) is 7.11 Å². The molecule has 196 valence electrons. The van der Waals surface area contributed by atoms with E-state index in [1.165, 1.54) is 16.7 Å². The van der Waals surface area contributed by atoms with Crippen LogP contribution >= 0.6 is 0 Å². The van der Waals surface area contributed by atoms with E-state index in [-0.39, 0.29) is 23.3 Å². The number of ether oxygens (including phenoxy) is 2. The monoisotopic (exact) mass is 504 g/mol. The molecule has 3 aliphatic heterocycles. The fourth-order valence-corrected chi connectivity index (χ4v) is 8.19. The molecule has 2 saturated heterocycles. The topological polar surface area (TPSA) is 78.1 Å². The van der Waals surface area contributed by atoms with E-state index in [9.17, 15) is 9.59 Å². The minimum atomic E-state index is -0.137. The van der Waals surface area contributed by atoms with Crippen LogP contribution in [0.2, 0.25) is 0 Å². The third kappa shape index (κ3) is 2.93. The van der Waals surface area contributed by atoms with Crippen LogP contribution in [0.25, 0.3) is 0 Å². The van der Waals surface area contributed by atoms with Gasteiger partial charge in [0.1, 0.15) is 11.8 Å². The molecule has 0 saturated carbocycles. The van der Waals surface area contributed by atoms with Crippen molar-refractivity contribution in [3.8, 4) is 11.5 Å². The summed E-state index contributed by atoms with van der Waals surface area (Å²) in [6, 6.07) is 4.75. The molecular formula is C29H36N4O4. The number of aromatic amines is 1. The number of methoxy groups -OCH3 is 1.